The Kier molecular flexibility index (Phi) is 3.76. The van der Waals surface area contributed by atoms with E-state index in [0.29, 0.717) is 24.3 Å². The van der Waals surface area contributed by atoms with Crippen molar-refractivity contribution in [2.75, 3.05) is 25.4 Å². The van der Waals surface area contributed by atoms with Crippen molar-refractivity contribution in [1.29, 1.82) is 0 Å². The highest BCUT2D eigenvalue weighted by Gasteiger charge is 2.35. The second-order valence-corrected chi connectivity index (χ2v) is 7.52. The Morgan fingerprint density at radius 3 is 2.79 bits per heavy atom. The predicted molar refractivity (Wildman–Crippen MR) is 69.3 cm³/mol. The topological polar surface area (TPSA) is 127 Å². The maximum absolute atomic E-state index is 12.3. The fourth-order valence-electron chi connectivity index (χ4n) is 1.93. The molecule has 2 heterocycles. The van der Waals surface area contributed by atoms with E-state index in [1.165, 1.54) is 4.31 Å². The summed E-state index contributed by atoms with van der Waals surface area (Å²) in [5.41, 5.74) is 5.06. The molecule has 1 aliphatic heterocycles. The molecule has 106 valence electrons. The molecule has 0 amide bonds. The average molecular weight is 307 g/mol. The van der Waals surface area contributed by atoms with E-state index < -0.39 is 14.9 Å². The number of nitro groups is 1. The number of rotatable bonds is 4. The van der Waals surface area contributed by atoms with Gasteiger partial charge in [-0.05, 0) is 12.3 Å². The number of sulfonamides is 1. The van der Waals surface area contributed by atoms with Gasteiger partial charge in [-0.2, -0.15) is 4.31 Å². The Balaban J connectivity index is 2.30. The minimum absolute atomic E-state index is 0.0707. The zero-order chi connectivity index (χ0) is 14.2. The summed E-state index contributed by atoms with van der Waals surface area (Å²) in [4.78, 5) is 9.97. The van der Waals surface area contributed by atoms with Crippen LogP contribution in [0.25, 0.3) is 0 Å². The Morgan fingerprint density at radius 1 is 1.63 bits per heavy atom. The third-order valence-corrected chi connectivity index (χ3v) is 6.28. The summed E-state index contributed by atoms with van der Waals surface area (Å²) in [6.07, 6.45) is 0.582. The van der Waals surface area contributed by atoms with Crippen LogP contribution in [0.3, 0.4) is 0 Å². The summed E-state index contributed by atoms with van der Waals surface area (Å²) in [6.45, 7) is 0.461. The molecule has 10 heteroatoms. The second-order valence-electron chi connectivity index (χ2n) is 4.27. The highest BCUT2D eigenvalue weighted by molar-refractivity contribution is 7.91. The SMILES string of the molecule is Nc1sc(S(=O)(=O)N2CCC(CO)C2)cc1[N+](=O)[O-]. The van der Waals surface area contributed by atoms with Gasteiger partial charge in [-0.3, -0.25) is 10.1 Å². The first-order chi connectivity index (χ1) is 8.86. The van der Waals surface area contributed by atoms with Gasteiger partial charge in [0.25, 0.3) is 10.0 Å². The van der Waals surface area contributed by atoms with Crippen LogP contribution in [0.15, 0.2) is 10.3 Å². The van der Waals surface area contributed by atoms with Gasteiger partial charge in [0.05, 0.1) is 4.92 Å². The van der Waals surface area contributed by atoms with Gasteiger partial charge < -0.3 is 10.8 Å². The minimum atomic E-state index is -3.76. The van der Waals surface area contributed by atoms with Gasteiger partial charge in [0, 0.05) is 25.8 Å². The van der Waals surface area contributed by atoms with Crippen LogP contribution in [0, 0.1) is 16.0 Å². The molecule has 0 saturated carbocycles. The Hall–Kier alpha value is -1.23. The van der Waals surface area contributed by atoms with Crippen molar-refractivity contribution in [2.24, 2.45) is 5.92 Å². The molecule has 0 aliphatic carbocycles. The summed E-state index contributed by atoms with van der Waals surface area (Å²) >= 11 is 0.689. The lowest BCUT2D eigenvalue weighted by atomic mass is 10.1. The van der Waals surface area contributed by atoms with Crippen molar-refractivity contribution in [3.63, 3.8) is 0 Å². The maximum atomic E-state index is 12.3. The van der Waals surface area contributed by atoms with Crippen LogP contribution in [-0.2, 0) is 10.0 Å². The predicted octanol–water partition coefficient (Wildman–Crippen LogP) is 0.241. The molecular weight excluding hydrogens is 294 g/mol. The van der Waals surface area contributed by atoms with Gasteiger partial charge in [0.15, 0.2) is 5.00 Å². The van der Waals surface area contributed by atoms with Gasteiger partial charge in [0.2, 0.25) is 0 Å². The average Bonchev–Trinajstić information content (AvgIpc) is 2.95. The number of aliphatic hydroxyl groups is 1. The number of thiophene rings is 1. The number of hydrogen-bond donors (Lipinski definition) is 2. The van der Waals surface area contributed by atoms with Crippen LogP contribution in [-0.4, -0.2) is 42.4 Å². The molecule has 1 atom stereocenters. The molecule has 0 radical (unpaired) electrons. The lowest BCUT2D eigenvalue weighted by Gasteiger charge is -2.14. The summed E-state index contributed by atoms with van der Waals surface area (Å²) in [6, 6.07) is 0.988. The smallest absolute Gasteiger partial charge is 0.304 e. The molecular formula is C9H13N3O5S2. The molecule has 0 bridgehead atoms. The minimum Gasteiger partial charge on any atom is -0.396 e. The zero-order valence-electron chi connectivity index (χ0n) is 9.85. The third kappa shape index (κ3) is 2.56. The van der Waals surface area contributed by atoms with E-state index in [1.807, 2.05) is 0 Å². The highest BCUT2D eigenvalue weighted by Crippen LogP contribution is 2.36. The molecule has 1 saturated heterocycles. The molecule has 3 N–H and O–H groups in total. The van der Waals surface area contributed by atoms with Crippen molar-refractivity contribution in [2.45, 2.75) is 10.6 Å². The van der Waals surface area contributed by atoms with Crippen LogP contribution < -0.4 is 5.73 Å². The van der Waals surface area contributed by atoms with E-state index in [2.05, 4.69) is 0 Å². The monoisotopic (exact) mass is 307 g/mol. The zero-order valence-corrected chi connectivity index (χ0v) is 11.5. The Labute approximate surface area is 113 Å². The van der Waals surface area contributed by atoms with Crippen LogP contribution in [0.5, 0.6) is 0 Å². The van der Waals surface area contributed by atoms with Gasteiger partial charge in [-0.1, -0.05) is 11.3 Å². The second kappa shape index (κ2) is 5.04. The summed E-state index contributed by atoms with van der Waals surface area (Å²) in [5, 5.41) is 19.6. The summed E-state index contributed by atoms with van der Waals surface area (Å²) in [7, 11) is -3.76. The largest absolute Gasteiger partial charge is 0.396 e. The quantitative estimate of drug-likeness (QED) is 0.606. The number of nitrogens with two attached hydrogens (primary N) is 1. The van der Waals surface area contributed by atoms with Crippen LogP contribution >= 0.6 is 11.3 Å². The van der Waals surface area contributed by atoms with Crippen molar-refractivity contribution >= 4 is 32.0 Å². The molecule has 1 aromatic heterocycles. The van der Waals surface area contributed by atoms with E-state index in [1.54, 1.807) is 0 Å². The molecule has 1 fully saturated rings. The number of nitrogen functional groups attached to an aromatic ring is 1. The van der Waals surface area contributed by atoms with E-state index in [4.69, 9.17) is 10.8 Å². The molecule has 1 aliphatic rings. The molecule has 19 heavy (non-hydrogen) atoms. The van der Waals surface area contributed by atoms with E-state index in [9.17, 15) is 18.5 Å². The van der Waals surface area contributed by atoms with E-state index >= 15 is 0 Å². The number of aliphatic hydroxyl groups excluding tert-OH is 1. The Morgan fingerprint density at radius 2 is 2.32 bits per heavy atom. The molecule has 1 unspecified atom stereocenters. The van der Waals surface area contributed by atoms with Crippen LogP contribution in [0.4, 0.5) is 10.7 Å². The first kappa shape index (κ1) is 14.2. The summed E-state index contributed by atoms with van der Waals surface area (Å²) in [5.74, 6) is -0.0814. The standard InChI is InChI=1S/C9H13N3O5S2/c10-9-7(12(14)15)3-8(18-9)19(16,17)11-2-1-6(4-11)5-13/h3,6,13H,1-2,4-5,10H2. The first-order valence-corrected chi connectivity index (χ1v) is 7.76. The number of hydrogen-bond acceptors (Lipinski definition) is 7. The van der Waals surface area contributed by atoms with E-state index in [0.717, 1.165) is 6.07 Å². The molecule has 0 spiro atoms. The van der Waals surface area contributed by atoms with Gasteiger partial charge >= 0.3 is 5.69 Å². The van der Waals surface area contributed by atoms with Crippen LogP contribution in [0.1, 0.15) is 6.42 Å². The first-order valence-electron chi connectivity index (χ1n) is 5.51. The van der Waals surface area contributed by atoms with Crippen molar-refractivity contribution in [1.82, 2.24) is 4.31 Å². The number of anilines is 1. The maximum Gasteiger partial charge on any atom is 0.304 e. The Bertz CT molecular complexity index is 597. The van der Waals surface area contributed by atoms with Crippen molar-refractivity contribution in [3.05, 3.63) is 16.2 Å². The normalized spacial score (nSPS) is 20.8. The number of nitrogens with zero attached hydrogens (tertiary/aromatic N) is 2. The van der Waals surface area contributed by atoms with Gasteiger partial charge in [-0.25, -0.2) is 8.42 Å². The van der Waals surface area contributed by atoms with E-state index in [-0.39, 0.29) is 34.0 Å². The van der Waals surface area contributed by atoms with Crippen molar-refractivity contribution in [3.8, 4) is 0 Å². The molecule has 1 aromatic rings. The highest BCUT2D eigenvalue weighted by atomic mass is 32.2. The lowest BCUT2D eigenvalue weighted by Crippen LogP contribution is -2.28. The molecule has 8 nitrogen and oxygen atoms in total. The summed E-state index contributed by atoms with van der Waals surface area (Å²) < 4.78 is 25.6. The third-order valence-electron chi connectivity index (χ3n) is 3.02. The van der Waals surface area contributed by atoms with Crippen molar-refractivity contribution < 1.29 is 18.4 Å². The van der Waals surface area contributed by atoms with Gasteiger partial charge in [-0.15, -0.1) is 0 Å². The lowest BCUT2D eigenvalue weighted by molar-refractivity contribution is -0.383. The fraction of sp³-hybridized carbons (Fsp3) is 0.556. The molecule has 2 rings (SSSR count). The fourth-order valence-corrected chi connectivity index (χ4v) is 4.83. The molecule has 0 aromatic carbocycles. The van der Waals surface area contributed by atoms with Crippen LogP contribution in [0.2, 0.25) is 0 Å². The van der Waals surface area contributed by atoms with Gasteiger partial charge in [0.1, 0.15) is 4.21 Å².